The van der Waals surface area contributed by atoms with Gasteiger partial charge in [0.2, 0.25) is 0 Å². The summed E-state index contributed by atoms with van der Waals surface area (Å²) in [5.74, 6) is -0.520. The zero-order chi connectivity index (χ0) is 20.3. The summed E-state index contributed by atoms with van der Waals surface area (Å²) in [6.07, 6.45) is 3.13. The second-order valence-corrected chi connectivity index (χ2v) is 8.35. The van der Waals surface area contributed by atoms with E-state index in [2.05, 4.69) is 15.0 Å². The first-order valence-electron chi connectivity index (χ1n) is 8.37. The summed E-state index contributed by atoms with van der Waals surface area (Å²) in [5, 5.41) is 2.85. The number of sulfonamides is 1. The normalized spacial score (nSPS) is 11.1. The number of hydrogen-bond acceptors (Lipinski definition) is 4. The monoisotopic (exact) mass is 415 g/mol. The molecule has 2 N–H and O–H groups in total. The fraction of sp³-hybridized carbons (Fsp3) is 0.100. The second-order valence-electron chi connectivity index (χ2n) is 6.26. The van der Waals surface area contributed by atoms with Crippen LogP contribution in [-0.4, -0.2) is 19.3 Å². The van der Waals surface area contributed by atoms with Gasteiger partial charge in [-0.05, 0) is 61.4 Å². The van der Waals surface area contributed by atoms with Crippen molar-refractivity contribution in [2.24, 2.45) is 0 Å². The summed E-state index contributed by atoms with van der Waals surface area (Å²) in [5.41, 5.74) is 2.76. The molecule has 0 unspecified atom stereocenters. The van der Waals surface area contributed by atoms with Gasteiger partial charge in [0, 0.05) is 11.9 Å². The standard InChI is InChI=1S/C20H18ClN3O3S/c1-13-4-3-5-15(10-13)24-28(26,27)16-6-7-18(21)17(11-16)20(25)23-19-12-22-9-8-14(19)2/h3-12,24H,1-2H3,(H,23,25). The van der Waals surface area contributed by atoms with Gasteiger partial charge >= 0.3 is 0 Å². The fourth-order valence-electron chi connectivity index (χ4n) is 2.55. The molecule has 28 heavy (non-hydrogen) atoms. The van der Waals surface area contributed by atoms with Crippen molar-refractivity contribution >= 4 is 38.9 Å². The summed E-state index contributed by atoms with van der Waals surface area (Å²) < 4.78 is 27.9. The van der Waals surface area contributed by atoms with E-state index in [0.29, 0.717) is 11.4 Å². The minimum Gasteiger partial charge on any atom is -0.320 e. The molecule has 0 saturated heterocycles. The highest BCUT2D eigenvalue weighted by Gasteiger charge is 2.19. The molecule has 0 saturated carbocycles. The average molecular weight is 416 g/mol. The van der Waals surface area contributed by atoms with Crippen molar-refractivity contribution in [1.29, 1.82) is 0 Å². The Labute approximate surface area is 168 Å². The molecule has 0 aliphatic heterocycles. The van der Waals surface area contributed by atoms with Crippen LogP contribution >= 0.6 is 11.6 Å². The van der Waals surface area contributed by atoms with Crippen LogP contribution in [0.15, 0.2) is 65.8 Å². The Kier molecular flexibility index (Phi) is 5.67. The van der Waals surface area contributed by atoms with Crippen molar-refractivity contribution < 1.29 is 13.2 Å². The number of rotatable bonds is 5. The van der Waals surface area contributed by atoms with Crippen LogP contribution in [0.25, 0.3) is 0 Å². The first kappa shape index (κ1) is 19.9. The molecule has 0 aliphatic rings. The number of halogens is 1. The highest BCUT2D eigenvalue weighted by Crippen LogP contribution is 2.24. The SMILES string of the molecule is Cc1cccc(NS(=O)(=O)c2ccc(Cl)c(C(=O)Nc3cnccc3C)c2)c1. The predicted molar refractivity (Wildman–Crippen MR) is 110 cm³/mol. The molecule has 0 fully saturated rings. The van der Waals surface area contributed by atoms with E-state index < -0.39 is 15.9 Å². The van der Waals surface area contributed by atoms with Crippen molar-refractivity contribution in [1.82, 2.24) is 4.98 Å². The summed E-state index contributed by atoms with van der Waals surface area (Å²) in [6, 6.07) is 12.7. The van der Waals surface area contributed by atoms with Gasteiger partial charge in [-0.25, -0.2) is 8.42 Å². The molecule has 2 aromatic carbocycles. The van der Waals surface area contributed by atoms with Gasteiger partial charge in [0.15, 0.2) is 0 Å². The van der Waals surface area contributed by atoms with Gasteiger partial charge in [-0.1, -0.05) is 23.7 Å². The molecule has 0 spiro atoms. The second kappa shape index (κ2) is 8.00. The van der Waals surface area contributed by atoms with Gasteiger partial charge in [0.05, 0.1) is 27.4 Å². The molecule has 0 radical (unpaired) electrons. The van der Waals surface area contributed by atoms with Crippen LogP contribution in [0.3, 0.4) is 0 Å². The van der Waals surface area contributed by atoms with Gasteiger partial charge in [0.25, 0.3) is 15.9 Å². The van der Waals surface area contributed by atoms with E-state index in [1.807, 2.05) is 19.9 Å². The van der Waals surface area contributed by atoms with E-state index in [9.17, 15) is 13.2 Å². The molecule has 0 atom stereocenters. The molecule has 1 aromatic heterocycles. The number of hydrogen-bond donors (Lipinski definition) is 2. The van der Waals surface area contributed by atoms with Crippen molar-refractivity contribution in [3.05, 3.63) is 82.6 Å². The van der Waals surface area contributed by atoms with Crippen LogP contribution < -0.4 is 10.0 Å². The Morgan fingerprint density at radius 3 is 2.57 bits per heavy atom. The first-order chi connectivity index (χ1) is 13.3. The van der Waals surface area contributed by atoms with Gasteiger partial charge < -0.3 is 5.32 Å². The number of anilines is 2. The van der Waals surface area contributed by atoms with Gasteiger partial charge in [0.1, 0.15) is 0 Å². The van der Waals surface area contributed by atoms with E-state index >= 15 is 0 Å². The Hall–Kier alpha value is -2.90. The van der Waals surface area contributed by atoms with Crippen molar-refractivity contribution in [3.63, 3.8) is 0 Å². The third-order valence-electron chi connectivity index (χ3n) is 4.05. The third kappa shape index (κ3) is 4.49. The van der Waals surface area contributed by atoms with Gasteiger partial charge in [-0.15, -0.1) is 0 Å². The molecule has 0 bridgehead atoms. The lowest BCUT2D eigenvalue weighted by atomic mass is 10.2. The van der Waals surface area contributed by atoms with Crippen LogP contribution in [0.2, 0.25) is 5.02 Å². The molecule has 0 aliphatic carbocycles. The largest absolute Gasteiger partial charge is 0.320 e. The Balaban J connectivity index is 1.90. The number of aromatic nitrogens is 1. The lowest BCUT2D eigenvalue weighted by Gasteiger charge is -2.12. The number of amides is 1. The van der Waals surface area contributed by atoms with Crippen LogP contribution in [0.1, 0.15) is 21.5 Å². The number of nitrogens with one attached hydrogen (secondary N) is 2. The maximum atomic E-state index is 12.7. The number of carbonyl (C=O) groups is 1. The first-order valence-corrected chi connectivity index (χ1v) is 10.2. The molecule has 1 amide bonds. The maximum Gasteiger partial charge on any atom is 0.261 e. The fourth-order valence-corrected chi connectivity index (χ4v) is 3.83. The molecular weight excluding hydrogens is 398 g/mol. The number of nitrogens with zero attached hydrogens (tertiary/aromatic N) is 1. The Bertz CT molecular complexity index is 1150. The highest BCUT2D eigenvalue weighted by molar-refractivity contribution is 7.92. The van der Waals surface area contributed by atoms with E-state index in [4.69, 9.17) is 11.6 Å². The summed E-state index contributed by atoms with van der Waals surface area (Å²) in [6.45, 7) is 3.69. The maximum absolute atomic E-state index is 12.7. The van der Waals surface area contributed by atoms with Crippen LogP contribution in [0.4, 0.5) is 11.4 Å². The molecule has 6 nitrogen and oxygen atoms in total. The average Bonchev–Trinajstić information content (AvgIpc) is 2.63. The zero-order valence-corrected chi connectivity index (χ0v) is 16.8. The van der Waals surface area contributed by atoms with E-state index in [-0.39, 0.29) is 15.5 Å². The van der Waals surface area contributed by atoms with E-state index in [0.717, 1.165) is 11.1 Å². The minimum absolute atomic E-state index is 0.0528. The van der Waals surface area contributed by atoms with Crippen molar-refractivity contribution in [2.45, 2.75) is 18.7 Å². The van der Waals surface area contributed by atoms with Gasteiger partial charge in [-0.2, -0.15) is 0 Å². The minimum atomic E-state index is -3.88. The summed E-state index contributed by atoms with van der Waals surface area (Å²) in [7, 11) is -3.88. The quantitative estimate of drug-likeness (QED) is 0.646. The van der Waals surface area contributed by atoms with Crippen molar-refractivity contribution in [3.8, 4) is 0 Å². The van der Waals surface area contributed by atoms with Crippen molar-refractivity contribution in [2.75, 3.05) is 10.0 Å². The lowest BCUT2D eigenvalue weighted by molar-refractivity contribution is 0.102. The lowest BCUT2D eigenvalue weighted by Crippen LogP contribution is -2.17. The number of carbonyl (C=O) groups excluding carboxylic acids is 1. The van der Waals surface area contributed by atoms with E-state index in [1.54, 1.807) is 30.5 Å². The number of aryl methyl sites for hydroxylation is 2. The topological polar surface area (TPSA) is 88.2 Å². The van der Waals surface area contributed by atoms with Gasteiger partial charge in [-0.3, -0.25) is 14.5 Å². The molecule has 144 valence electrons. The third-order valence-corrected chi connectivity index (χ3v) is 5.76. The predicted octanol–water partition coefficient (Wildman–Crippen LogP) is 4.40. The molecular formula is C20H18ClN3O3S. The summed E-state index contributed by atoms with van der Waals surface area (Å²) in [4.78, 5) is 16.5. The molecule has 3 rings (SSSR count). The number of benzene rings is 2. The molecule has 8 heteroatoms. The van der Waals surface area contributed by atoms with Crippen LogP contribution in [0.5, 0.6) is 0 Å². The van der Waals surface area contributed by atoms with Crippen LogP contribution in [-0.2, 0) is 10.0 Å². The summed E-state index contributed by atoms with van der Waals surface area (Å²) >= 11 is 6.14. The Morgan fingerprint density at radius 1 is 1.07 bits per heavy atom. The molecule has 3 aromatic rings. The van der Waals surface area contributed by atoms with Crippen LogP contribution in [0, 0.1) is 13.8 Å². The number of pyridine rings is 1. The molecule has 1 heterocycles. The zero-order valence-electron chi connectivity index (χ0n) is 15.2. The Morgan fingerprint density at radius 2 is 1.86 bits per heavy atom. The highest BCUT2D eigenvalue weighted by atomic mass is 35.5. The smallest absolute Gasteiger partial charge is 0.261 e. The van der Waals surface area contributed by atoms with E-state index in [1.165, 1.54) is 24.4 Å².